The maximum absolute atomic E-state index is 10.1. The fraction of sp³-hybridized carbons (Fsp3) is 0.857. The third-order valence-corrected chi connectivity index (χ3v) is 2.23. The molecule has 0 aromatic carbocycles. The Labute approximate surface area is 75.9 Å². The van der Waals surface area contributed by atoms with Crippen molar-refractivity contribution in [3.05, 3.63) is 0 Å². The van der Waals surface area contributed by atoms with Gasteiger partial charge in [0.1, 0.15) is 0 Å². The number of hydrogen-bond donors (Lipinski definition) is 2. The highest BCUT2D eigenvalue weighted by atomic mass is 32.2. The third kappa shape index (κ3) is 7.84. The Morgan fingerprint density at radius 3 is 2.83 bits per heavy atom. The van der Waals surface area contributed by atoms with Gasteiger partial charge in [-0.25, -0.2) is 0 Å². The Hall–Kier alpha value is -0.260. The molecule has 0 saturated heterocycles. The summed E-state index contributed by atoms with van der Waals surface area (Å²) in [6, 6.07) is 0. The number of methoxy groups -OCH3 is 1. The van der Waals surface area contributed by atoms with E-state index in [0.29, 0.717) is 12.4 Å². The van der Waals surface area contributed by atoms with Crippen molar-refractivity contribution in [3.63, 3.8) is 0 Å². The smallest absolute Gasteiger partial charge is 0.306 e. The summed E-state index contributed by atoms with van der Waals surface area (Å²) in [4.78, 5) is 10.1. The Morgan fingerprint density at radius 1 is 1.67 bits per heavy atom. The standard InChI is InChI=1S/C7H14O4S/c1-11-2-3-12-5-6(8)4-7(9)10/h6,8H,2-5H2,1H3,(H,9,10). The van der Waals surface area contributed by atoms with Gasteiger partial charge in [0.25, 0.3) is 0 Å². The van der Waals surface area contributed by atoms with Crippen LogP contribution in [-0.4, -0.2) is 47.5 Å². The first-order chi connectivity index (χ1) is 5.66. The van der Waals surface area contributed by atoms with Crippen LogP contribution in [0.1, 0.15) is 6.42 Å². The van der Waals surface area contributed by atoms with Crippen molar-refractivity contribution in [3.8, 4) is 0 Å². The van der Waals surface area contributed by atoms with E-state index >= 15 is 0 Å². The highest BCUT2D eigenvalue weighted by Gasteiger charge is 2.08. The van der Waals surface area contributed by atoms with E-state index in [-0.39, 0.29) is 6.42 Å². The zero-order chi connectivity index (χ0) is 9.40. The van der Waals surface area contributed by atoms with Crippen molar-refractivity contribution < 1.29 is 19.7 Å². The first-order valence-corrected chi connectivity index (χ1v) is 4.78. The molecule has 0 radical (unpaired) electrons. The summed E-state index contributed by atoms with van der Waals surface area (Å²) in [5.74, 6) is 0.276. The van der Waals surface area contributed by atoms with Crippen LogP contribution in [-0.2, 0) is 9.53 Å². The first-order valence-electron chi connectivity index (χ1n) is 3.63. The van der Waals surface area contributed by atoms with Crippen LogP contribution in [0.4, 0.5) is 0 Å². The number of carbonyl (C=O) groups is 1. The van der Waals surface area contributed by atoms with E-state index in [4.69, 9.17) is 14.9 Å². The van der Waals surface area contributed by atoms with Crippen LogP contribution < -0.4 is 0 Å². The molecule has 0 amide bonds. The van der Waals surface area contributed by atoms with E-state index in [0.717, 1.165) is 5.75 Å². The molecule has 72 valence electrons. The van der Waals surface area contributed by atoms with Gasteiger partial charge in [0.15, 0.2) is 0 Å². The van der Waals surface area contributed by atoms with Crippen molar-refractivity contribution in [2.75, 3.05) is 25.2 Å². The number of rotatable bonds is 7. The van der Waals surface area contributed by atoms with Gasteiger partial charge in [0.2, 0.25) is 0 Å². The Morgan fingerprint density at radius 2 is 2.33 bits per heavy atom. The van der Waals surface area contributed by atoms with Crippen LogP contribution in [0.5, 0.6) is 0 Å². The Kier molecular flexibility index (Phi) is 7.23. The third-order valence-electron chi connectivity index (χ3n) is 1.15. The number of aliphatic hydroxyl groups is 1. The van der Waals surface area contributed by atoms with Gasteiger partial charge in [-0.05, 0) is 0 Å². The molecule has 12 heavy (non-hydrogen) atoms. The van der Waals surface area contributed by atoms with Crippen LogP contribution in [0, 0.1) is 0 Å². The highest BCUT2D eigenvalue weighted by molar-refractivity contribution is 7.99. The predicted octanol–water partition coefficient (Wildman–Crippen LogP) is 0.202. The molecular formula is C7H14O4S. The summed E-state index contributed by atoms with van der Waals surface area (Å²) >= 11 is 1.49. The number of aliphatic hydroxyl groups excluding tert-OH is 1. The normalized spacial score (nSPS) is 12.8. The summed E-state index contributed by atoms with van der Waals surface area (Å²) in [7, 11) is 1.61. The second-order valence-electron chi connectivity index (χ2n) is 2.32. The van der Waals surface area contributed by atoms with Crippen molar-refractivity contribution in [1.29, 1.82) is 0 Å². The lowest BCUT2D eigenvalue weighted by Gasteiger charge is -2.06. The molecule has 0 saturated carbocycles. The number of carboxylic acid groups (broad SMARTS) is 1. The van der Waals surface area contributed by atoms with Crippen molar-refractivity contribution in [2.24, 2.45) is 0 Å². The minimum absolute atomic E-state index is 0.181. The van der Waals surface area contributed by atoms with Crippen LogP contribution >= 0.6 is 11.8 Å². The Bertz CT molecular complexity index is 129. The average Bonchev–Trinajstić information content (AvgIpc) is 1.97. The summed E-state index contributed by atoms with van der Waals surface area (Å²) in [6.45, 7) is 0.629. The van der Waals surface area contributed by atoms with Crippen molar-refractivity contribution in [2.45, 2.75) is 12.5 Å². The second-order valence-corrected chi connectivity index (χ2v) is 3.47. The van der Waals surface area contributed by atoms with Crippen molar-refractivity contribution >= 4 is 17.7 Å². The van der Waals surface area contributed by atoms with Crippen LogP contribution in [0.15, 0.2) is 0 Å². The molecule has 2 N–H and O–H groups in total. The maximum atomic E-state index is 10.1. The van der Waals surface area contributed by atoms with Crippen LogP contribution in [0.25, 0.3) is 0 Å². The topological polar surface area (TPSA) is 66.8 Å². The van der Waals surface area contributed by atoms with E-state index in [1.54, 1.807) is 7.11 Å². The zero-order valence-electron chi connectivity index (χ0n) is 7.02. The summed E-state index contributed by atoms with van der Waals surface area (Å²) in [5, 5.41) is 17.4. The minimum atomic E-state index is -0.963. The summed E-state index contributed by atoms with van der Waals surface area (Å²) < 4.78 is 4.79. The van der Waals surface area contributed by atoms with Crippen molar-refractivity contribution in [1.82, 2.24) is 0 Å². The number of carboxylic acids is 1. The lowest BCUT2D eigenvalue weighted by Crippen LogP contribution is -2.15. The van der Waals surface area contributed by atoms with Gasteiger partial charge in [0, 0.05) is 18.6 Å². The molecule has 0 aliphatic heterocycles. The zero-order valence-corrected chi connectivity index (χ0v) is 7.84. The van der Waals surface area contributed by atoms with Gasteiger partial charge >= 0.3 is 5.97 Å². The molecule has 0 rings (SSSR count). The molecule has 0 aromatic heterocycles. The summed E-state index contributed by atoms with van der Waals surface area (Å²) in [6.07, 6.45) is -0.927. The largest absolute Gasteiger partial charge is 0.481 e. The van der Waals surface area contributed by atoms with Gasteiger partial charge in [-0.2, -0.15) is 11.8 Å². The molecule has 1 atom stereocenters. The van der Waals surface area contributed by atoms with E-state index in [2.05, 4.69) is 0 Å². The quantitative estimate of drug-likeness (QED) is 0.567. The molecular weight excluding hydrogens is 180 g/mol. The van der Waals surface area contributed by atoms with E-state index < -0.39 is 12.1 Å². The summed E-state index contributed by atoms with van der Waals surface area (Å²) in [5.41, 5.74) is 0. The van der Waals surface area contributed by atoms with E-state index in [1.807, 2.05) is 0 Å². The Balaban J connectivity index is 3.19. The molecule has 0 heterocycles. The van der Waals surface area contributed by atoms with Gasteiger partial charge in [-0.3, -0.25) is 4.79 Å². The molecule has 0 fully saturated rings. The molecule has 0 spiro atoms. The minimum Gasteiger partial charge on any atom is -0.481 e. The average molecular weight is 194 g/mol. The van der Waals surface area contributed by atoms with Crippen LogP contribution in [0.3, 0.4) is 0 Å². The molecule has 4 nitrogen and oxygen atoms in total. The SMILES string of the molecule is COCCSCC(O)CC(=O)O. The molecule has 0 aliphatic rings. The predicted molar refractivity (Wildman–Crippen MR) is 47.5 cm³/mol. The van der Waals surface area contributed by atoms with E-state index in [9.17, 15) is 4.79 Å². The number of hydrogen-bond acceptors (Lipinski definition) is 4. The monoisotopic (exact) mass is 194 g/mol. The maximum Gasteiger partial charge on any atom is 0.306 e. The number of aliphatic carboxylic acids is 1. The van der Waals surface area contributed by atoms with Gasteiger partial charge in [-0.1, -0.05) is 0 Å². The lowest BCUT2D eigenvalue weighted by molar-refractivity contribution is -0.138. The molecule has 0 aromatic rings. The van der Waals surface area contributed by atoms with Crippen LogP contribution in [0.2, 0.25) is 0 Å². The number of ether oxygens (including phenoxy) is 1. The molecule has 0 bridgehead atoms. The van der Waals surface area contributed by atoms with Gasteiger partial charge in [-0.15, -0.1) is 0 Å². The fourth-order valence-corrected chi connectivity index (χ4v) is 1.46. The second kappa shape index (κ2) is 7.39. The first kappa shape index (κ1) is 11.7. The highest BCUT2D eigenvalue weighted by Crippen LogP contribution is 2.05. The van der Waals surface area contributed by atoms with E-state index in [1.165, 1.54) is 11.8 Å². The lowest BCUT2D eigenvalue weighted by atomic mass is 10.3. The molecule has 5 heteroatoms. The number of thioether (sulfide) groups is 1. The van der Waals surface area contributed by atoms with Gasteiger partial charge in [0.05, 0.1) is 19.1 Å². The molecule has 1 unspecified atom stereocenters. The fourth-order valence-electron chi connectivity index (χ4n) is 0.622. The van der Waals surface area contributed by atoms with Gasteiger partial charge < -0.3 is 14.9 Å². The molecule has 0 aliphatic carbocycles.